The molecule has 1 unspecified atom stereocenters. The van der Waals surface area contributed by atoms with Gasteiger partial charge in [0.25, 0.3) is 0 Å². The fourth-order valence-electron chi connectivity index (χ4n) is 4.81. The molecule has 0 saturated carbocycles. The predicted molar refractivity (Wildman–Crippen MR) is 110 cm³/mol. The van der Waals surface area contributed by atoms with Crippen LogP contribution in [-0.2, 0) is 11.2 Å². The lowest BCUT2D eigenvalue weighted by molar-refractivity contribution is -0.135. The predicted octanol–water partition coefficient (Wildman–Crippen LogP) is 3.62. The first kappa shape index (κ1) is 18.8. The number of nitrogens with zero attached hydrogens (tertiary/aromatic N) is 4. The van der Waals surface area contributed by atoms with Crippen molar-refractivity contribution in [2.24, 2.45) is 0 Å². The van der Waals surface area contributed by atoms with E-state index in [-0.39, 0.29) is 23.9 Å². The van der Waals surface area contributed by atoms with Gasteiger partial charge in [-0.05, 0) is 55.5 Å². The van der Waals surface area contributed by atoms with Gasteiger partial charge in [-0.1, -0.05) is 17.3 Å². The van der Waals surface area contributed by atoms with E-state index in [9.17, 15) is 4.79 Å². The van der Waals surface area contributed by atoms with Crippen LogP contribution in [0.2, 0.25) is 0 Å². The number of hydrogen-bond donors (Lipinski definition) is 0. The summed E-state index contributed by atoms with van der Waals surface area (Å²) in [4.78, 5) is 23.9. The number of amides is 1. The molecule has 0 spiro atoms. The highest BCUT2D eigenvalue weighted by Gasteiger charge is 2.44. The zero-order valence-electron chi connectivity index (χ0n) is 16.9. The third kappa shape index (κ3) is 3.56. The minimum atomic E-state index is 0.199. The molecule has 2 aliphatic rings. The van der Waals surface area contributed by atoms with Crippen LogP contribution in [0.25, 0.3) is 11.4 Å². The number of piperidine rings is 1. The van der Waals surface area contributed by atoms with Gasteiger partial charge >= 0.3 is 0 Å². The molecule has 1 amide bonds. The van der Waals surface area contributed by atoms with Gasteiger partial charge in [-0.2, -0.15) is 4.98 Å². The zero-order chi connectivity index (χ0) is 20.5. The number of carbonyl (C=O) groups is 1. The van der Waals surface area contributed by atoms with Crippen molar-refractivity contribution < 1.29 is 14.1 Å². The molecular formula is C23H24N4O3. The summed E-state index contributed by atoms with van der Waals surface area (Å²) in [5.74, 6) is 2.45. The second-order valence-electron chi connectivity index (χ2n) is 8.08. The first-order chi connectivity index (χ1) is 14.7. The molecule has 2 bridgehead atoms. The van der Waals surface area contributed by atoms with Crippen LogP contribution in [0, 0.1) is 0 Å². The molecule has 4 heterocycles. The number of methoxy groups -OCH3 is 1. The van der Waals surface area contributed by atoms with E-state index in [0.29, 0.717) is 18.1 Å². The number of fused-ring (bicyclic) bond motifs is 2. The highest BCUT2D eigenvalue weighted by molar-refractivity contribution is 5.80. The van der Waals surface area contributed by atoms with E-state index in [2.05, 4.69) is 20.0 Å². The summed E-state index contributed by atoms with van der Waals surface area (Å²) in [6.45, 7) is 0. The lowest BCUT2D eigenvalue weighted by Crippen LogP contribution is -2.46. The van der Waals surface area contributed by atoms with Crippen molar-refractivity contribution in [2.45, 2.75) is 50.1 Å². The van der Waals surface area contributed by atoms with E-state index in [1.54, 1.807) is 19.5 Å². The Kier molecular flexibility index (Phi) is 4.94. The number of pyridine rings is 1. The molecule has 1 aromatic carbocycles. The van der Waals surface area contributed by atoms with E-state index >= 15 is 0 Å². The lowest BCUT2D eigenvalue weighted by Gasteiger charge is -2.38. The maximum absolute atomic E-state index is 13.1. The van der Waals surface area contributed by atoms with Crippen LogP contribution in [0.5, 0.6) is 5.75 Å². The topological polar surface area (TPSA) is 81.4 Å². The number of carbonyl (C=O) groups excluding carboxylic acids is 1. The van der Waals surface area contributed by atoms with E-state index in [4.69, 9.17) is 9.26 Å². The van der Waals surface area contributed by atoms with Crippen LogP contribution < -0.4 is 4.74 Å². The zero-order valence-corrected chi connectivity index (χ0v) is 16.9. The van der Waals surface area contributed by atoms with Crippen molar-refractivity contribution in [2.75, 3.05) is 7.11 Å². The Balaban J connectivity index is 1.27. The average molecular weight is 404 g/mol. The van der Waals surface area contributed by atoms with Gasteiger partial charge in [0.15, 0.2) is 0 Å². The normalized spacial score (nSPS) is 22.8. The van der Waals surface area contributed by atoms with Crippen molar-refractivity contribution in [1.29, 1.82) is 0 Å². The maximum atomic E-state index is 13.1. The number of benzene rings is 1. The summed E-state index contributed by atoms with van der Waals surface area (Å²) in [5.41, 5.74) is 1.86. The van der Waals surface area contributed by atoms with Gasteiger partial charge in [0.1, 0.15) is 5.75 Å². The Morgan fingerprint density at radius 2 is 1.93 bits per heavy atom. The van der Waals surface area contributed by atoms with E-state index < -0.39 is 0 Å². The highest BCUT2D eigenvalue weighted by atomic mass is 16.5. The minimum absolute atomic E-state index is 0.199. The summed E-state index contributed by atoms with van der Waals surface area (Å²) >= 11 is 0. The second kappa shape index (κ2) is 7.89. The Morgan fingerprint density at radius 3 is 2.60 bits per heavy atom. The molecule has 0 aliphatic carbocycles. The van der Waals surface area contributed by atoms with E-state index in [1.807, 2.05) is 36.4 Å². The second-order valence-corrected chi connectivity index (χ2v) is 8.08. The molecular weight excluding hydrogens is 380 g/mol. The number of ether oxygens (including phenoxy) is 1. The summed E-state index contributed by atoms with van der Waals surface area (Å²) in [6, 6.07) is 12.0. The molecule has 0 radical (unpaired) electrons. The monoisotopic (exact) mass is 404 g/mol. The van der Waals surface area contributed by atoms with Gasteiger partial charge in [-0.15, -0.1) is 0 Å². The minimum Gasteiger partial charge on any atom is -0.497 e. The quantitative estimate of drug-likeness (QED) is 0.646. The summed E-state index contributed by atoms with van der Waals surface area (Å²) in [6.07, 6.45) is 7.71. The maximum Gasteiger partial charge on any atom is 0.230 e. The largest absolute Gasteiger partial charge is 0.497 e. The van der Waals surface area contributed by atoms with E-state index in [0.717, 1.165) is 42.6 Å². The molecule has 2 aromatic heterocycles. The standard InChI is InChI=1S/C23H24N4O3/c1-29-20-8-4-15(5-9-20)11-21(28)27-18-6-7-19(27)13-17(12-18)23-25-22(26-30-23)16-3-2-10-24-14-16/h2-5,8-10,14,17-19H,6-7,11-13H2,1H3/t17?,18-,19+. The van der Waals surface area contributed by atoms with Crippen LogP contribution in [0.3, 0.4) is 0 Å². The fourth-order valence-corrected chi connectivity index (χ4v) is 4.81. The molecule has 7 heteroatoms. The molecule has 2 fully saturated rings. The van der Waals surface area contributed by atoms with Crippen LogP contribution in [0.1, 0.15) is 43.1 Å². The molecule has 0 N–H and O–H groups in total. The van der Waals surface area contributed by atoms with Gasteiger partial charge in [0.2, 0.25) is 17.6 Å². The molecule has 2 aliphatic heterocycles. The molecule has 30 heavy (non-hydrogen) atoms. The molecule has 3 aromatic rings. The molecule has 2 saturated heterocycles. The van der Waals surface area contributed by atoms with Crippen molar-refractivity contribution in [3.63, 3.8) is 0 Å². The SMILES string of the molecule is COc1ccc(CC(=O)N2[C@@H]3CC[C@H]2CC(c2nc(-c4cccnc4)no2)C3)cc1. The van der Waals surface area contributed by atoms with Gasteiger partial charge in [0.05, 0.1) is 13.5 Å². The third-order valence-electron chi connectivity index (χ3n) is 6.25. The number of hydrogen-bond acceptors (Lipinski definition) is 6. The van der Waals surface area contributed by atoms with Crippen LogP contribution in [0.4, 0.5) is 0 Å². The van der Waals surface area contributed by atoms with E-state index in [1.165, 1.54) is 0 Å². The van der Waals surface area contributed by atoms with Crippen LogP contribution >= 0.6 is 0 Å². The molecule has 3 atom stereocenters. The first-order valence-corrected chi connectivity index (χ1v) is 10.4. The first-order valence-electron chi connectivity index (χ1n) is 10.4. The Hall–Kier alpha value is -3.22. The highest BCUT2D eigenvalue weighted by Crippen LogP contribution is 2.43. The van der Waals surface area contributed by atoms with Gasteiger partial charge in [-0.25, -0.2) is 0 Å². The van der Waals surface area contributed by atoms with Gasteiger partial charge in [-0.3, -0.25) is 9.78 Å². The number of aromatic nitrogens is 3. The Labute approximate surface area is 175 Å². The molecule has 154 valence electrons. The fraction of sp³-hybridized carbons (Fsp3) is 0.391. The average Bonchev–Trinajstić information content (AvgIpc) is 3.38. The van der Waals surface area contributed by atoms with Crippen LogP contribution in [0.15, 0.2) is 53.3 Å². The molecule has 5 rings (SSSR count). The van der Waals surface area contributed by atoms with Crippen molar-refractivity contribution in [3.05, 3.63) is 60.2 Å². The Morgan fingerprint density at radius 1 is 1.17 bits per heavy atom. The smallest absolute Gasteiger partial charge is 0.230 e. The third-order valence-corrected chi connectivity index (χ3v) is 6.25. The number of rotatable bonds is 5. The summed E-state index contributed by atoms with van der Waals surface area (Å²) < 4.78 is 10.8. The van der Waals surface area contributed by atoms with Gasteiger partial charge in [0, 0.05) is 36.0 Å². The van der Waals surface area contributed by atoms with Crippen molar-refractivity contribution in [3.8, 4) is 17.1 Å². The Bertz CT molecular complexity index is 1000. The van der Waals surface area contributed by atoms with Crippen molar-refractivity contribution in [1.82, 2.24) is 20.0 Å². The molecule has 7 nitrogen and oxygen atoms in total. The lowest BCUT2D eigenvalue weighted by atomic mass is 9.90. The van der Waals surface area contributed by atoms with Crippen molar-refractivity contribution >= 4 is 5.91 Å². The van der Waals surface area contributed by atoms with Gasteiger partial charge < -0.3 is 14.2 Å². The summed E-state index contributed by atoms with van der Waals surface area (Å²) in [7, 11) is 1.64. The summed E-state index contributed by atoms with van der Waals surface area (Å²) in [5, 5.41) is 4.14. The van der Waals surface area contributed by atoms with Crippen LogP contribution in [-0.4, -0.2) is 45.1 Å².